The molecule has 0 aliphatic heterocycles. The monoisotopic (exact) mass is 412 g/mol. The van der Waals surface area contributed by atoms with Gasteiger partial charge in [-0.25, -0.2) is 0 Å². The zero-order valence-corrected chi connectivity index (χ0v) is 16.1. The van der Waals surface area contributed by atoms with Gasteiger partial charge in [-0.05, 0) is 23.1 Å². The summed E-state index contributed by atoms with van der Waals surface area (Å²) in [6, 6.07) is 4.92. The highest BCUT2D eigenvalue weighted by Crippen LogP contribution is 2.48. The summed E-state index contributed by atoms with van der Waals surface area (Å²) in [5.74, 6) is -1.27. The van der Waals surface area contributed by atoms with Gasteiger partial charge in [-0.1, -0.05) is 73.2 Å². The predicted octanol–water partition coefficient (Wildman–Crippen LogP) is 6.11. The Hall–Kier alpha value is -1.20. The molecule has 4 nitrogen and oxygen atoms in total. The van der Waals surface area contributed by atoms with Gasteiger partial charge in [0.25, 0.3) is 0 Å². The Kier molecular flexibility index (Phi) is 6.76. The lowest BCUT2D eigenvalue weighted by molar-refractivity contribution is 0.401. The Morgan fingerprint density at radius 3 is 1.42 bits per heavy atom. The average Bonchev–Trinajstić information content (AvgIpc) is 2.51. The van der Waals surface area contributed by atoms with Crippen molar-refractivity contribution >= 4 is 46.4 Å². The molecule has 2 aromatic rings. The van der Waals surface area contributed by atoms with Crippen molar-refractivity contribution in [3.63, 3.8) is 0 Å². The van der Waals surface area contributed by atoms with Gasteiger partial charge in [0, 0.05) is 0 Å². The first-order valence-electron chi connectivity index (χ1n) is 6.64. The molecule has 0 radical (unpaired) electrons. The van der Waals surface area contributed by atoms with Gasteiger partial charge in [0.2, 0.25) is 0 Å². The van der Waals surface area contributed by atoms with E-state index in [0.717, 1.165) is 5.56 Å². The first kappa shape index (κ1) is 20.8. The van der Waals surface area contributed by atoms with E-state index in [0.29, 0.717) is 0 Å². The molecular formula is C16H16Cl4O4. The molecule has 132 valence electrons. The van der Waals surface area contributed by atoms with Crippen molar-refractivity contribution in [1.29, 1.82) is 0 Å². The first-order chi connectivity index (χ1) is 10.9. The number of rotatable bonds is 0. The second-order valence-electron chi connectivity index (χ2n) is 5.91. The topological polar surface area (TPSA) is 80.9 Å². The molecule has 2 aromatic carbocycles. The van der Waals surface area contributed by atoms with E-state index in [4.69, 9.17) is 61.7 Å². The van der Waals surface area contributed by atoms with Gasteiger partial charge in [0.15, 0.2) is 23.0 Å². The van der Waals surface area contributed by atoms with Crippen LogP contribution in [0.1, 0.15) is 26.3 Å². The van der Waals surface area contributed by atoms with Gasteiger partial charge in [-0.2, -0.15) is 0 Å². The first-order valence-corrected chi connectivity index (χ1v) is 8.15. The van der Waals surface area contributed by atoms with Crippen LogP contribution < -0.4 is 0 Å². The highest BCUT2D eigenvalue weighted by Gasteiger charge is 2.19. The maximum Gasteiger partial charge on any atom is 0.179 e. The fraction of sp³-hybridized carbons (Fsp3) is 0.250. The fourth-order valence-electron chi connectivity index (χ4n) is 1.60. The van der Waals surface area contributed by atoms with Crippen molar-refractivity contribution in [2.24, 2.45) is 0 Å². The zero-order valence-electron chi connectivity index (χ0n) is 13.0. The van der Waals surface area contributed by atoms with Gasteiger partial charge in [0.05, 0.1) is 10.0 Å². The molecule has 0 amide bonds. The largest absolute Gasteiger partial charge is 0.504 e. The van der Waals surface area contributed by atoms with Crippen LogP contribution in [0.5, 0.6) is 23.0 Å². The molecule has 0 fully saturated rings. The van der Waals surface area contributed by atoms with Crippen LogP contribution in [0, 0.1) is 0 Å². The van der Waals surface area contributed by atoms with Crippen molar-refractivity contribution in [3.05, 3.63) is 43.9 Å². The molecule has 0 bridgehead atoms. The molecule has 0 saturated carbocycles. The molecule has 24 heavy (non-hydrogen) atoms. The normalized spacial score (nSPS) is 11.0. The van der Waals surface area contributed by atoms with E-state index in [1.807, 2.05) is 6.07 Å². The van der Waals surface area contributed by atoms with E-state index in [1.165, 1.54) is 6.07 Å². The summed E-state index contributed by atoms with van der Waals surface area (Å²) in [6.45, 7) is 6.16. The Bertz CT molecular complexity index is 650. The molecule has 0 aliphatic carbocycles. The van der Waals surface area contributed by atoms with Gasteiger partial charge in [-0.3, -0.25) is 0 Å². The van der Waals surface area contributed by atoms with E-state index in [9.17, 15) is 5.11 Å². The molecule has 0 spiro atoms. The van der Waals surface area contributed by atoms with E-state index in [1.54, 1.807) is 6.07 Å². The molecule has 4 N–H and O–H groups in total. The maximum absolute atomic E-state index is 9.21. The summed E-state index contributed by atoms with van der Waals surface area (Å²) in [4.78, 5) is 0. The number of benzene rings is 2. The standard InChI is InChI=1S/C10H14O2.C6H2Cl4O2/c1-10(2,3)7-4-5-8(11)9(12)6-7;7-1-2(8)4(10)6(12)5(11)3(1)9/h4-6,11-12H,1-3H3;11-12H. The predicted molar refractivity (Wildman–Crippen MR) is 98.3 cm³/mol. The van der Waals surface area contributed by atoms with Crippen molar-refractivity contribution < 1.29 is 20.4 Å². The van der Waals surface area contributed by atoms with E-state index >= 15 is 0 Å². The molecule has 2 rings (SSSR count). The summed E-state index contributed by atoms with van der Waals surface area (Å²) in [7, 11) is 0. The highest BCUT2D eigenvalue weighted by molar-refractivity contribution is 6.52. The molecule has 0 unspecified atom stereocenters. The van der Waals surface area contributed by atoms with E-state index in [-0.39, 0.29) is 37.0 Å². The van der Waals surface area contributed by atoms with Crippen LogP contribution in [0.3, 0.4) is 0 Å². The van der Waals surface area contributed by atoms with Crippen molar-refractivity contribution in [3.8, 4) is 23.0 Å². The summed E-state index contributed by atoms with van der Waals surface area (Å²) >= 11 is 22.0. The van der Waals surface area contributed by atoms with Crippen molar-refractivity contribution in [2.75, 3.05) is 0 Å². The lowest BCUT2D eigenvalue weighted by atomic mass is 9.87. The lowest BCUT2D eigenvalue weighted by Gasteiger charge is -2.19. The Labute approximate surface area is 159 Å². The molecule has 0 saturated heterocycles. The minimum absolute atomic E-state index is 0.00514. The molecule has 0 aliphatic rings. The summed E-state index contributed by atoms with van der Waals surface area (Å²) < 4.78 is 0. The number of hydrogen-bond acceptors (Lipinski definition) is 4. The number of halogens is 4. The Balaban J connectivity index is 0.000000240. The quantitative estimate of drug-likeness (QED) is 0.238. The van der Waals surface area contributed by atoms with Crippen LogP contribution in [-0.2, 0) is 5.41 Å². The third-order valence-electron chi connectivity index (χ3n) is 3.06. The van der Waals surface area contributed by atoms with E-state index < -0.39 is 11.5 Å². The second-order valence-corrected chi connectivity index (χ2v) is 7.42. The smallest absolute Gasteiger partial charge is 0.179 e. The Morgan fingerprint density at radius 1 is 0.667 bits per heavy atom. The number of aromatic hydroxyl groups is 4. The fourth-order valence-corrected chi connectivity index (χ4v) is 2.43. The minimum atomic E-state index is -0.573. The third kappa shape index (κ3) is 4.67. The van der Waals surface area contributed by atoms with Crippen LogP contribution >= 0.6 is 46.4 Å². The molecule has 0 heterocycles. The molecule has 8 heteroatoms. The average molecular weight is 414 g/mol. The number of phenolic OH excluding ortho intramolecular Hbond substituents is 4. The van der Waals surface area contributed by atoms with Gasteiger partial charge < -0.3 is 20.4 Å². The zero-order chi connectivity index (χ0) is 18.8. The third-order valence-corrected chi connectivity index (χ3v) is 4.84. The van der Waals surface area contributed by atoms with Crippen molar-refractivity contribution in [2.45, 2.75) is 26.2 Å². The molecule has 0 atom stereocenters. The molecule has 0 aromatic heterocycles. The van der Waals surface area contributed by atoms with Crippen molar-refractivity contribution in [1.82, 2.24) is 0 Å². The highest BCUT2D eigenvalue weighted by atomic mass is 35.5. The maximum atomic E-state index is 9.21. The minimum Gasteiger partial charge on any atom is -0.504 e. The lowest BCUT2D eigenvalue weighted by Crippen LogP contribution is -2.10. The summed E-state index contributed by atoms with van der Waals surface area (Å²) in [5.41, 5.74) is 1.02. The number of hydrogen-bond donors (Lipinski definition) is 4. The Morgan fingerprint density at radius 2 is 1.08 bits per heavy atom. The molecular weight excluding hydrogens is 398 g/mol. The van der Waals surface area contributed by atoms with E-state index in [2.05, 4.69) is 20.8 Å². The summed E-state index contributed by atoms with van der Waals surface area (Å²) in [5, 5.41) is 35.8. The number of phenols is 4. The van der Waals surface area contributed by atoms with Gasteiger partial charge >= 0.3 is 0 Å². The van der Waals surface area contributed by atoms with Gasteiger partial charge in [-0.15, -0.1) is 0 Å². The van der Waals surface area contributed by atoms with Crippen LogP contribution in [-0.4, -0.2) is 20.4 Å². The van der Waals surface area contributed by atoms with Gasteiger partial charge in [0.1, 0.15) is 10.0 Å². The van der Waals surface area contributed by atoms with Crippen LogP contribution in [0.4, 0.5) is 0 Å². The second kappa shape index (κ2) is 7.79. The van der Waals surface area contributed by atoms with Crippen LogP contribution in [0.25, 0.3) is 0 Å². The SMILES string of the molecule is CC(C)(C)c1ccc(O)c(O)c1.Oc1c(O)c(Cl)c(Cl)c(Cl)c1Cl. The van der Waals surface area contributed by atoms with Crippen LogP contribution in [0.15, 0.2) is 18.2 Å². The van der Waals surface area contributed by atoms with Crippen LogP contribution in [0.2, 0.25) is 20.1 Å². The summed E-state index contributed by atoms with van der Waals surface area (Å²) in [6.07, 6.45) is 0.